The average molecular weight is 674 g/mol. The summed E-state index contributed by atoms with van der Waals surface area (Å²) in [5, 5.41) is 32.6. The zero-order valence-electron chi connectivity index (χ0n) is 27.9. The summed E-state index contributed by atoms with van der Waals surface area (Å²) >= 11 is 0. The van der Waals surface area contributed by atoms with Crippen LogP contribution in [0, 0.1) is 5.41 Å². The van der Waals surface area contributed by atoms with Gasteiger partial charge in [0.05, 0.1) is 6.42 Å². The number of nitrogens with one attached hydrogen (secondary N) is 1. The molecule has 0 aliphatic rings. The summed E-state index contributed by atoms with van der Waals surface area (Å²) in [6.45, 7) is 0. The van der Waals surface area contributed by atoms with Crippen LogP contribution in [0.25, 0.3) is 64.6 Å². The maximum absolute atomic E-state index is 12.5. The lowest BCUT2D eigenvalue weighted by molar-refractivity contribution is -0.166. The fourth-order valence-corrected chi connectivity index (χ4v) is 7.59. The van der Waals surface area contributed by atoms with Crippen molar-refractivity contribution >= 4 is 88.4 Å². The summed E-state index contributed by atoms with van der Waals surface area (Å²) in [4.78, 5) is 37.4. The minimum atomic E-state index is -1.80. The van der Waals surface area contributed by atoms with Crippen LogP contribution < -0.4 is 0 Å². The van der Waals surface area contributed by atoms with E-state index in [9.17, 15) is 19.5 Å². The highest BCUT2D eigenvalue weighted by atomic mass is 16.6. The first kappa shape index (κ1) is 32.3. The van der Waals surface area contributed by atoms with Crippen LogP contribution >= 0.6 is 0 Å². The summed E-state index contributed by atoms with van der Waals surface area (Å²) in [7, 11) is 0. The number of esters is 3. The first-order valence-electron chi connectivity index (χ1n) is 17.4. The SMILES string of the molecule is N=C(CC(O)C(=O)OC(=O)CCCc1ccc2ccc3cccc4ccc1c2c34)OC(=O)CCCc1ccc2ccc3cccc4ccc1c2c34. The van der Waals surface area contributed by atoms with Gasteiger partial charge in [-0.2, -0.15) is 0 Å². The van der Waals surface area contributed by atoms with Crippen molar-refractivity contribution in [2.24, 2.45) is 0 Å². The molecular weight excluding hydrogens is 638 g/mol. The van der Waals surface area contributed by atoms with Crippen LogP contribution in [0.1, 0.15) is 43.2 Å². The van der Waals surface area contributed by atoms with Crippen molar-refractivity contribution in [3.8, 4) is 0 Å². The predicted octanol–water partition coefficient (Wildman–Crippen LogP) is 9.17. The zero-order chi connectivity index (χ0) is 35.1. The Bertz CT molecular complexity index is 2590. The maximum atomic E-state index is 12.5. The molecule has 0 radical (unpaired) electrons. The van der Waals surface area contributed by atoms with E-state index >= 15 is 0 Å². The van der Waals surface area contributed by atoms with Crippen molar-refractivity contribution in [2.75, 3.05) is 0 Å². The molecule has 7 nitrogen and oxygen atoms in total. The first-order valence-corrected chi connectivity index (χ1v) is 17.4. The molecule has 7 heteroatoms. The molecule has 0 amide bonds. The smallest absolute Gasteiger partial charge is 0.343 e. The van der Waals surface area contributed by atoms with Gasteiger partial charge >= 0.3 is 17.9 Å². The van der Waals surface area contributed by atoms with Crippen LogP contribution in [-0.4, -0.2) is 35.0 Å². The second-order valence-electron chi connectivity index (χ2n) is 13.3. The van der Waals surface area contributed by atoms with E-state index in [2.05, 4.69) is 109 Å². The lowest BCUT2D eigenvalue weighted by Crippen LogP contribution is -2.29. The van der Waals surface area contributed by atoms with Gasteiger partial charge in [0, 0.05) is 12.8 Å². The van der Waals surface area contributed by atoms with E-state index in [1.807, 2.05) is 0 Å². The van der Waals surface area contributed by atoms with Gasteiger partial charge in [-0.05, 0) is 101 Å². The lowest BCUT2D eigenvalue weighted by atomic mass is 9.90. The number of rotatable bonds is 11. The largest absolute Gasteiger partial charge is 0.412 e. The van der Waals surface area contributed by atoms with E-state index in [-0.39, 0.29) is 12.8 Å². The number of carbonyl (C=O) groups is 3. The number of aliphatic hydroxyl groups is 1. The van der Waals surface area contributed by atoms with E-state index in [4.69, 9.17) is 14.9 Å². The summed E-state index contributed by atoms with van der Waals surface area (Å²) in [6.07, 6.45) is -0.118. The molecule has 1 atom stereocenters. The molecular formula is C44H35NO6. The molecule has 0 aliphatic carbocycles. The molecule has 0 aliphatic heterocycles. The number of aryl methyl sites for hydroxylation is 2. The van der Waals surface area contributed by atoms with E-state index in [1.54, 1.807) is 0 Å². The molecule has 0 saturated heterocycles. The normalized spacial score (nSPS) is 12.4. The number of carbonyl (C=O) groups excluding carboxylic acids is 3. The molecule has 1 unspecified atom stereocenters. The third kappa shape index (κ3) is 6.21. The van der Waals surface area contributed by atoms with Gasteiger partial charge in [-0.1, -0.05) is 109 Å². The highest BCUT2D eigenvalue weighted by Gasteiger charge is 2.24. The minimum absolute atomic E-state index is 0.0149. The van der Waals surface area contributed by atoms with E-state index in [1.165, 1.54) is 48.5 Å². The molecule has 2 N–H and O–H groups in total. The van der Waals surface area contributed by atoms with Crippen LogP contribution in [0.4, 0.5) is 0 Å². The van der Waals surface area contributed by atoms with Gasteiger partial charge in [0.25, 0.3) is 0 Å². The number of ether oxygens (including phenoxy) is 2. The lowest BCUT2D eigenvalue weighted by Gasteiger charge is -2.14. The Morgan fingerprint density at radius 1 is 0.529 bits per heavy atom. The zero-order valence-corrected chi connectivity index (χ0v) is 27.9. The number of hydrogen-bond donors (Lipinski definition) is 2. The number of aliphatic hydroxyl groups excluding tert-OH is 1. The van der Waals surface area contributed by atoms with Gasteiger partial charge in [-0.25, -0.2) is 4.79 Å². The first-order chi connectivity index (χ1) is 24.8. The van der Waals surface area contributed by atoms with Crippen molar-refractivity contribution in [3.63, 3.8) is 0 Å². The highest BCUT2D eigenvalue weighted by Crippen LogP contribution is 2.37. The molecule has 8 rings (SSSR count). The van der Waals surface area contributed by atoms with Crippen molar-refractivity contribution in [2.45, 2.75) is 51.0 Å². The Labute approximate surface area is 293 Å². The van der Waals surface area contributed by atoms with Gasteiger partial charge < -0.3 is 14.6 Å². The van der Waals surface area contributed by atoms with Crippen LogP contribution in [0.3, 0.4) is 0 Å². The van der Waals surface area contributed by atoms with Crippen LogP contribution in [0.15, 0.2) is 109 Å². The molecule has 0 saturated carbocycles. The monoisotopic (exact) mass is 673 g/mol. The summed E-state index contributed by atoms with van der Waals surface area (Å²) in [6, 6.07) is 37.9. The predicted molar refractivity (Wildman–Crippen MR) is 202 cm³/mol. The fraction of sp³-hybridized carbons (Fsp3) is 0.182. The minimum Gasteiger partial charge on any atom is -0.412 e. The van der Waals surface area contributed by atoms with Crippen molar-refractivity contribution in [1.29, 1.82) is 5.41 Å². The molecule has 8 aromatic rings. The quantitative estimate of drug-likeness (QED) is 0.0465. The fourth-order valence-electron chi connectivity index (χ4n) is 7.59. The Morgan fingerprint density at radius 3 is 1.39 bits per heavy atom. The van der Waals surface area contributed by atoms with Gasteiger partial charge in [0.2, 0.25) is 0 Å². The Hall–Kier alpha value is -5.92. The molecule has 0 bridgehead atoms. The summed E-state index contributed by atoms with van der Waals surface area (Å²) in [5.41, 5.74) is 2.23. The van der Waals surface area contributed by atoms with Crippen LogP contribution in [-0.2, 0) is 36.7 Å². The molecule has 8 aromatic carbocycles. The molecule has 0 aromatic heterocycles. The Balaban J connectivity index is 0.799. The third-order valence-electron chi connectivity index (χ3n) is 9.99. The summed E-state index contributed by atoms with van der Waals surface area (Å²) < 4.78 is 9.94. The number of benzene rings is 8. The number of hydrogen-bond acceptors (Lipinski definition) is 7. The molecule has 0 heterocycles. The van der Waals surface area contributed by atoms with E-state index in [0.717, 1.165) is 27.3 Å². The molecule has 252 valence electrons. The Morgan fingerprint density at radius 2 is 0.922 bits per heavy atom. The van der Waals surface area contributed by atoms with Gasteiger partial charge in [-0.3, -0.25) is 15.0 Å². The van der Waals surface area contributed by atoms with Crippen LogP contribution in [0.5, 0.6) is 0 Å². The third-order valence-corrected chi connectivity index (χ3v) is 9.99. The van der Waals surface area contributed by atoms with Crippen LogP contribution in [0.2, 0.25) is 0 Å². The van der Waals surface area contributed by atoms with Crippen molar-refractivity contribution in [1.82, 2.24) is 0 Å². The summed E-state index contributed by atoms with van der Waals surface area (Å²) in [5.74, 6) is -3.11. The van der Waals surface area contributed by atoms with Gasteiger partial charge in [-0.15, -0.1) is 0 Å². The average Bonchev–Trinajstić information content (AvgIpc) is 3.13. The van der Waals surface area contributed by atoms with E-state index in [0.29, 0.717) is 25.7 Å². The molecule has 51 heavy (non-hydrogen) atoms. The topological polar surface area (TPSA) is 114 Å². The van der Waals surface area contributed by atoms with E-state index < -0.39 is 36.3 Å². The second kappa shape index (κ2) is 13.4. The molecule has 0 spiro atoms. The molecule has 0 fully saturated rings. The van der Waals surface area contributed by atoms with Gasteiger partial charge in [0.15, 0.2) is 12.0 Å². The Kier molecular flexibility index (Phi) is 8.50. The van der Waals surface area contributed by atoms with Gasteiger partial charge in [0.1, 0.15) is 0 Å². The van der Waals surface area contributed by atoms with Crippen molar-refractivity contribution < 1.29 is 29.0 Å². The second-order valence-corrected chi connectivity index (χ2v) is 13.3. The highest BCUT2D eigenvalue weighted by molar-refractivity contribution is 6.24. The standard InChI is InChI=1S/C44H35NO6/c45-37(50-38(47)11-3-5-26-13-15-32-19-17-28-7-1-9-30-21-23-34(26)42(32)40(28)30)25-36(46)44(49)51-39(48)12-4-6-27-14-16-33-20-18-29-8-2-10-31-22-24-35(27)43(33)41(29)31/h1-2,7-10,13-24,36,45-46H,3-6,11-12,25H2. The maximum Gasteiger partial charge on any atom is 0.343 e. The van der Waals surface area contributed by atoms with Crippen molar-refractivity contribution in [3.05, 3.63) is 120 Å².